The molecule has 0 aromatic heterocycles. The highest BCUT2D eigenvalue weighted by Gasteiger charge is 2.36. The maximum absolute atomic E-state index is 13.4. The highest BCUT2D eigenvalue weighted by atomic mass is 32.2. The van der Waals surface area contributed by atoms with Gasteiger partial charge in [0.25, 0.3) is 0 Å². The van der Waals surface area contributed by atoms with E-state index >= 15 is 0 Å². The van der Waals surface area contributed by atoms with E-state index in [4.69, 9.17) is 4.74 Å². The zero-order valence-electron chi connectivity index (χ0n) is 17.5. The quantitative estimate of drug-likeness (QED) is 0.556. The summed E-state index contributed by atoms with van der Waals surface area (Å²) in [5.41, 5.74) is 2.32. The largest absolute Gasteiger partial charge is 0.378 e. The average molecular weight is 411 g/mol. The minimum absolute atomic E-state index is 0.0838. The van der Waals surface area contributed by atoms with Crippen LogP contribution in [0.1, 0.15) is 30.4 Å². The highest BCUT2D eigenvalue weighted by molar-refractivity contribution is 7.91. The highest BCUT2D eigenvalue weighted by Crippen LogP contribution is 2.20. The van der Waals surface area contributed by atoms with Crippen molar-refractivity contribution in [3.05, 3.63) is 71.8 Å². The van der Waals surface area contributed by atoms with E-state index in [1.165, 1.54) is 0 Å². The molecule has 0 radical (unpaired) electrons. The van der Waals surface area contributed by atoms with Crippen LogP contribution in [0.25, 0.3) is 0 Å². The van der Waals surface area contributed by atoms with E-state index in [2.05, 4.69) is 24.3 Å². The molecule has 1 saturated heterocycles. The van der Waals surface area contributed by atoms with Crippen molar-refractivity contribution in [2.75, 3.05) is 12.4 Å². The lowest BCUT2D eigenvalue weighted by atomic mass is 9.48. The van der Waals surface area contributed by atoms with Crippen LogP contribution in [0.5, 0.6) is 0 Å². The van der Waals surface area contributed by atoms with Gasteiger partial charge in [-0.2, -0.15) is 0 Å². The van der Waals surface area contributed by atoms with Gasteiger partial charge in [-0.1, -0.05) is 85.4 Å². The van der Waals surface area contributed by atoms with Gasteiger partial charge in [-0.25, -0.2) is 8.42 Å². The maximum atomic E-state index is 13.4. The van der Waals surface area contributed by atoms with Gasteiger partial charge in [0.15, 0.2) is 10.0 Å². The summed E-state index contributed by atoms with van der Waals surface area (Å²) in [6.45, 7) is 4.59. The molecule has 1 fully saturated rings. The van der Waals surface area contributed by atoms with E-state index in [-0.39, 0.29) is 25.6 Å². The molecule has 1 heterocycles. The summed E-state index contributed by atoms with van der Waals surface area (Å²) < 4.78 is 34.3. The summed E-state index contributed by atoms with van der Waals surface area (Å²) in [6.07, 6.45) is 4.07. The van der Waals surface area contributed by atoms with Crippen LogP contribution in [-0.2, 0) is 27.4 Å². The fourth-order valence-electron chi connectivity index (χ4n) is 4.33. The Balaban J connectivity index is 1.77. The molecule has 4 nitrogen and oxygen atoms in total. The van der Waals surface area contributed by atoms with Gasteiger partial charge >= 0.3 is 0 Å². The van der Waals surface area contributed by atoms with E-state index in [1.54, 1.807) is 4.13 Å². The summed E-state index contributed by atoms with van der Waals surface area (Å²) in [7, 11) is -3.40. The summed E-state index contributed by atoms with van der Waals surface area (Å²) in [5.74, 6) is 0.149. The number of sulfonamides is 1. The third-order valence-corrected chi connectivity index (χ3v) is 7.77. The van der Waals surface area contributed by atoms with Gasteiger partial charge in [0.05, 0.1) is 11.9 Å². The van der Waals surface area contributed by atoms with Gasteiger partial charge in [0.2, 0.25) is 13.7 Å². The number of hydrogen-bond acceptors (Lipinski definition) is 3. The van der Waals surface area contributed by atoms with Crippen molar-refractivity contribution in [3.8, 4) is 0 Å². The van der Waals surface area contributed by atoms with Crippen LogP contribution in [0, 0.1) is 0 Å². The Hall–Kier alpha value is -1.56. The molecule has 1 unspecified atom stereocenters. The first-order chi connectivity index (χ1) is 14.0. The molecule has 2 aromatic carbocycles. The molecule has 0 bridgehead atoms. The summed E-state index contributed by atoms with van der Waals surface area (Å²) in [4.78, 5) is 0. The Labute approximate surface area is 176 Å². The topological polar surface area (TPSA) is 46.6 Å². The zero-order valence-corrected chi connectivity index (χ0v) is 18.4. The Morgan fingerprint density at radius 2 is 1.45 bits per heavy atom. The lowest BCUT2D eigenvalue weighted by molar-refractivity contribution is 0.108. The Morgan fingerprint density at radius 1 is 0.931 bits per heavy atom. The molecule has 7 heteroatoms. The molecule has 0 saturated carbocycles. The Bertz CT molecular complexity index is 795. The first kappa shape index (κ1) is 22.1. The lowest BCUT2D eigenvalue weighted by Crippen LogP contribution is -2.53. The molecule has 0 amide bonds. The fourth-order valence-corrected chi connectivity index (χ4v) is 6.35. The van der Waals surface area contributed by atoms with Crippen LogP contribution in [0.15, 0.2) is 60.7 Å². The van der Waals surface area contributed by atoms with Gasteiger partial charge in [0.1, 0.15) is 0 Å². The molecule has 29 heavy (non-hydrogen) atoms. The maximum Gasteiger partial charge on any atom is 0.228 e. The van der Waals surface area contributed by atoms with Gasteiger partial charge in [-0.05, 0) is 31.9 Å². The third kappa shape index (κ3) is 6.46. The number of rotatable bonds is 10. The summed E-state index contributed by atoms with van der Waals surface area (Å²) in [6, 6.07) is 20.3. The Morgan fingerprint density at radius 3 is 1.90 bits per heavy atom. The van der Waals surface area contributed by atoms with E-state index < -0.39 is 10.0 Å². The number of benzene rings is 2. The van der Waals surface area contributed by atoms with Gasteiger partial charge < -0.3 is 4.74 Å². The van der Waals surface area contributed by atoms with Crippen LogP contribution in [0.4, 0.5) is 0 Å². The van der Waals surface area contributed by atoms with Crippen molar-refractivity contribution >= 4 is 23.7 Å². The Kier molecular flexibility index (Phi) is 7.99. The van der Waals surface area contributed by atoms with E-state index in [0.29, 0.717) is 19.1 Å². The molecule has 3 rings (SSSR count). The molecule has 1 aliphatic heterocycles. The third-order valence-electron chi connectivity index (χ3n) is 5.66. The molecule has 1 atom stereocenters. The van der Waals surface area contributed by atoms with E-state index in [0.717, 1.165) is 30.6 Å². The van der Waals surface area contributed by atoms with Crippen molar-refractivity contribution in [3.63, 3.8) is 0 Å². The van der Waals surface area contributed by atoms with Crippen LogP contribution in [0.2, 0.25) is 13.6 Å². The molecule has 0 spiro atoms. The number of nitrogens with zero attached hydrogens (tertiary/aromatic N) is 1. The van der Waals surface area contributed by atoms with Gasteiger partial charge in [-0.15, -0.1) is 0 Å². The fraction of sp³-hybridized carbons (Fsp3) is 0.455. The predicted molar refractivity (Wildman–Crippen MR) is 123 cm³/mol. The molecule has 154 valence electrons. The van der Waals surface area contributed by atoms with Crippen molar-refractivity contribution in [2.24, 2.45) is 0 Å². The van der Waals surface area contributed by atoms with Crippen LogP contribution >= 0.6 is 0 Å². The van der Waals surface area contributed by atoms with Crippen molar-refractivity contribution in [1.82, 2.24) is 4.13 Å². The molecule has 1 aliphatic rings. The average Bonchev–Trinajstić information content (AvgIpc) is 3.21. The normalized spacial score (nSPS) is 16.9. The van der Waals surface area contributed by atoms with Crippen LogP contribution in [-0.4, -0.2) is 44.7 Å². The molecule has 0 N–H and O–H groups in total. The van der Waals surface area contributed by atoms with E-state index in [1.807, 2.05) is 50.0 Å². The second-order valence-corrected chi connectivity index (χ2v) is 10.1. The summed E-state index contributed by atoms with van der Waals surface area (Å²) >= 11 is 0. The van der Waals surface area contributed by atoms with Crippen molar-refractivity contribution in [2.45, 2.75) is 51.7 Å². The van der Waals surface area contributed by atoms with E-state index in [9.17, 15) is 8.42 Å². The molecular formula is C22H31B2NO3S. The van der Waals surface area contributed by atoms with Crippen molar-refractivity contribution < 1.29 is 13.2 Å². The van der Waals surface area contributed by atoms with Crippen molar-refractivity contribution in [1.29, 1.82) is 0 Å². The monoisotopic (exact) mass is 411 g/mol. The number of ether oxygens (including phenoxy) is 1. The molecule has 0 aliphatic carbocycles. The second kappa shape index (κ2) is 10.5. The minimum atomic E-state index is -3.40. The first-order valence-electron chi connectivity index (χ1n) is 10.7. The SMILES string of the molecule is CB(Cc1ccccc1)N(B(C)Cc1ccccc1)S(=O)(=O)CCC1CCCO1. The predicted octanol–water partition coefficient (Wildman–Crippen LogP) is 3.99. The minimum Gasteiger partial charge on any atom is -0.378 e. The molecular weight excluding hydrogens is 380 g/mol. The molecule has 2 aromatic rings. The zero-order chi connectivity index (χ0) is 20.7. The lowest BCUT2D eigenvalue weighted by Gasteiger charge is -2.31. The van der Waals surface area contributed by atoms with Crippen LogP contribution in [0.3, 0.4) is 0 Å². The standard InChI is InChI=1S/C22H31B2NO3S/c1-23(18-20-10-5-3-6-11-20)25(24(2)19-21-12-7-4-8-13-21)29(26,27)17-15-22-14-9-16-28-22/h3-8,10-13,22H,9,14-19H2,1-2H3. The van der Waals surface area contributed by atoms with Gasteiger partial charge in [-0.3, -0.25) is 4.13 Å². The second-order valence-electron chi connectivity index (χ2n) is 8.15. The number of hydrogen-bond donors (Lipinski definition) is 0. The smallest absolute Gasteiger partial charge is 0.228 e. The van der Waals surface area contributed by atoms with Crippen LogP contribution < -0.4 is 0 Å². The summed E-state index contributed by atoms with van der Waals surface area (Å²) in [5, 5.41) is 0. The van der Waals surface area contributed by atoms with Gasteiger partial charge in [0, 0.05) is 6.61 Å². The first-order valence-corrected chi connectivity index (χ1v) is 12.3.